The summed E-state index contributed by atoms with van der Waals surface area (Å²) in [7, 11) is 0. The molecule has 0 spiro atoms. The molecule has 0 N–H and O–H groups in total. The standard InChI is InChI=1S/C4H10.C4H8/c1-4(2)3;1-3-4-2/h4H,1-3H3;3-4H,1-2H3/b;4-3-. The fraction of sp³-hybridized carbons (Fsp3) is 0.750. The van der Waals surface area contributed by atoms with Crippen LogP contribution < -0.4 is 0 Å². The van der Waals surface area contributed by atoms with Gasteiger partial charge in [0.05, 0.1) is 0 Å². The van der Waals surface area contributed by atoms with Gasteiger partial charge in [-0.2, -0.15) is 0 Å². The Morgan fingerprint density at radius 1 is 0.875 bits per heavy atom. The van der Waals surface area contributed by atoms with Gasteiger partial charge in [0.1, 0.15) is 0 Å². The molecular formula is C8H18. The van der Waals surface area contributed by atoms with E-state index in [1.165, 1.54) is 0 Å². The van der Waals surface area contributed by atoms with Gasteiger partial charge in [0.15, 0.2) is 0 Å². The Morgan fingerprint density at radius 3 is 1.00 bits per heavy atom. The molecule has 0 aromatic carbocycles. The van der Waals surface area contributed by atoms with E-state index in [-0.39, 0.29) is 0 Å². The molecule has 0 heteroatoms. The van der Waals surface area contributed by atoms with Crippen LogP contribution in [0, 0.1) is 5.92 Å². The molecule has 0 aliphatic heterocycles. The highest BCUT2D eigenvalue weighted by Gasteiger charge is 1.68. The summed E-state index contributed by atoms with van der Waals surface area (Å²) in [5, 5.41) is 0. The summed E-state index contributed by atoms with van der Waals surface area (Å²) in [6.45, 7) is 10.5. The van der Waals surface area contributed by atoms with Gasteiger partial charge in [-0.05, 0) is 19.8 Å². The van der Waals surface area contributed by atoms with Crippen molar-refractivity contribution >= 4 is 0 Å². The minimum Gasteiger partial charge on any atom is -0.0919 e. The summed E-state index contributed by atoms with van der Waals surface area (Å²) in [6, 6.07) is 0. The van der Waals surface area contributed by atoms with Gasteiger partial charge in [-0.3, -0.25) is 0 Å². The third kappa shape index (κ3) is 236. The summed E-state index contributed by atoms with van der Waals surface area (Å²) < 4.78 is 0. The second-order valence-corrected chi connectivity index (χ2v) is 2.40. The SMILES string of the molecule is C/C=C\C.CC(C)C. The molecule has 0 aliphatic rings. The van der Waals surface area contributed by atoms with Crippen molar-refractivity contribution in [3.63, 3.8) is 0 Å². The quantitative estimate of drug-likeness (QED) is 0.424. The van der Waals surface area contributed by atoms with Gasteiger partial charge in [0.2, 0.25) is 0 Å². The molecule has 0 rings (SSSR count). The average molecular weight is 114 g/mol. The Kier molecular flexibility index (Phi) is 13.2. The third-order valence-corrected chi connectivity index (χ3v) is 0.333. The van der Waals surface area contributed by atoms with Gasteiger partial charge in [-0.15, -0.1) is 0 Å². The molecule has 0 saturated heterocycles. The van der Waals surface area contributed by atoms with Crippen molar-refractivity contribution < 1.29 is 0 Å². The Balaban J connectivity index is 0. The molecule has 0 aromatic rings. The summed E-state index contributed by atoms with van der Waals surface area (Å²) in [5.41, 5.74) is 0. The Labute approximate surface area is 53.6 Å². The first-order valence-electron chi connectivity index (χ1n) is 3.22. The second kappa shape index (κ2) is 9.88. The topological polar surface area (TPSA) is 0 Å². The summed E-state index contributed by atoms with van der Waals surface area (Å²) >= 11 is 0. The monoisotopic (exact) mass is 114 g/mol. The largest absolute Gasteiger partial charge is 0.0919 e. The van der Waals surface area contributed by atoms with Gasteiger partial charge in [-0.25, -0.2) is 0 Å². The van der Waals surface area contributed by atoms with Gasteiger partial charge in [-0.1, -0.05) is 32.9 Å². The van der Waals surface area contributed by atoms with Crippen molar-refractivity contribution in [2.45, 2.75) is 34.6 Å². The molecular weight excluding hydrogens is 96.1 g/mol. The molecule has 0 aromatic heterocycles. The number of rotatable bonds is 0. The normalized spacial score (nSPS) is 9.25. The van der Waals surface area contributed by atoms with Gasteiger partial charge in [0.25, 0.3) is 0 Å². The van der Waals surface area contributed by atoms with E-state index >= 15 is 0 Å². The van der Waals surface area contributed by atoms with E-state index in [2.05, 4.69) is 20.8 Å². The van der Waals surface area contributed by atoms with Crippen LogP contribution in [0.1, 0.15) is 34.6 Å². The molecule has 0 radical (unpaired) electrons. The number of hydrogen-bond acceptors (Lipinski definition) is 0. The fourth-order valence-electron chi connectivity index (χ4n) is 0. The molecule has 0 heterocycles. The van der Waals surface area contributed by atoms with Crippen molar-refractivity contribution in [3.8, 4) is 0 Å². The van der Waals surface area contributed by atoms with E-state index in [0.29, 0.717) is 0 Å². The summed E-state index contributed by atoms with van der Waals surface area (Å²) in [6.07, 6.45) is 4.00. The van der Waals surface area contributed by atoms with E-state index in [4.69, 9.17) is 0 Å². The minimum atomic E-state index is 0.833. The highest BCUT2D eigenvalue weighted by Crippen LogP contribution is 1.81. The van der Waals surface area contributed by atoms with Crippen molar-refractivity contribution in [1.29, 1.82) is 0 Å². The second-order valence-electron chi connectivity index (χ2n) is 2.40. The molecule has 50 valence electrons. The van der Waals surface area contributed by atoms with Gasteiger partial charge >= 0.3 is 0 Å². The highest BCUT2D eigenvalue weighted by atomic mass is 13.7. The van der Waals surface area contributed by atoms with Gasteiger partial charge in [0, 0.05) is 0 Å². The zero-order valence-electron chi connectivity index (χ0n) is 6.73. The van der Waals surface area contributed by atoms with Crippen LogP contribution in [-0.2, 0) is 0 Å². The lowest BCUT2D eigenvalue weighted by Gasteiger charge is -1.79. The summed E-state index contributed by atoms with van der Waals surface area (Å²) in [5.74, 6) is 0.833. The first kappa shape index (κ1) is 10.7. The molecule has 0 saturated carbocycles. The Morgan fingerprint density at radius 2 is 1.00 bits per heavy atom. The fourth-order valence-corrected chi connectivity index (χ4v) is 0. The van der Waals surface area contributed by atoms with Crippen molar-refractivity contribution in [3.05, 3.63) is 12.2 Å². The van der Waals surface area contributed by atoms with Crippen LogP contribution in [0.15, 0.2) is 12.2 Å². The van der Waals surface area contributed by atoms with Crippen LogP contribution in [0.25, 0.3) is 0 Å². The molecule has 0 unspecified atom stereocenters. The maximum Gasteiger partial charge on any atom is -0.0470 e. The van der Waals surface area contributed by atoms with Gasteiger partial charge < -0.3 is 0 Å². The smallest absolute Gasteiger partial charge is 0.0470 e. The van der Waals surface area contributed by atoms with E-state index in [1.54, 1.807) is 0 Å². The minimum absolute atomic E-state index is 0.833. The van der Waals surface area contributed by atoms with Crippen LogP contribution in [0.3, 0.4) is 0 Å². The highest BCUT2D eigenvalue weighted by molar-refractivity contribution is 4.68. The maximum atomic E-state index is 2.17. The van der Waals surface area contributed by atoms with Crippen LogP contribution in [0.5, 0.6) is 0 Å². The van der Waals surface area contributed by atoms with Crippen LogP contribution in [0.2, 0.25) is 0 Å². The van der Waals surface area contributed by atoms with Crippen molar-refractivity contribution in [2.75, 3.05) is 0 Å². The average Bonchev–Trinajstić information content (AvgIpc) is 1.65. The number of allylic oxidation sites excluding steroid dienone is 2. The van der Waals surface area contributed by atoms with E-state index < -0.39 is 0 Å². The maximum absolute atomic E-state index is 2.17. The van der Waals surface area contributed by atoms with Crippen molar-refractivity contribution in [2.24, 2.45) is 5.92 Å². The molecule has 0 bridgehead atoms. The van der Waals surface area contributed by atoms with Crippen LogP contribution in [0.4, 0.5) is 0 Å². The molecule has 0 fully saturated rings. The Bertz CT molecular complexity index is 35.2. The molecule has 0 nitrogen and oxygen atoms in total. The lowest BCUT2D eigenvalue weighted by Crippen LogP contribution is -1.66. The first-order chi connectivity index (χ1) is 3.65. The third-order valence-electron chi connectivity index (χ3n) is 0.333. The predicted molar refractivity (Wildman–Crippen MR) is 41.0 cm³/mol. The number of hydrogen-bond donors (Lipinski definition) is 0. The van der Waals surface area contributed by atoms with Crippen LogP contribution >= 0.6 is 0 Å². The van der Waals surface area contributed by atoms with Crippen LogP contribution in [-0.4, -0.2) is 0 Å². The molecule has 0 amide bonds. The first-order valence-corrected chi connectivity index (χ1v) is 3.22. The summed E-state index contributed by atoms with van der Waals surface area (Å²) in [4.78, 5) is 0. The van der Waals surface area contributed by atoms with E-state index in [1.807, 2.05) is 26.0 Å². The zero-order valence-corrected chi connectivity index (χ0v) is 6.73. The van der Waals surface area contributed by atoms with Crippen molar-refractivity contribution in [1.82, 2.24) is 0 Å². The lowest BCUT2D eigenvalue weighted by atomic mass is 10.3. The molecule has 8 heavy (non-hydrogen) atoms. The molecule has 0 aliphatic carbocycles. The Hall–Kier alpha value is -0.260. The predicted octanol–water partition coefficient (Wildman–Crippen LogP) is 3.24. The van der Waals surface area contributed by atoms with E-state index in [0.717, 1.165) is 5.92 Å². The zero-order chi connectivity index (χ0) is 6.99. The molecule has 0 atom stereocenters. The van der Waals surface area contributed by atoms with E-state index in [9.17, 15) is 0 Å². The lowest BCUT2D eigenvalue weighted by molar-refractivity contribution is 0.737.